The Bertz CT molecular complexity index is 628. The van der Waals surface area contributed by atoms with E-state index >= 15 is 0 Å². The molecule has 6 heteroatoms. The fraction of sp³-hybridized carbons (Fsp3) is 0.706. The van der Waals surface area contributed by atoms with Crippen LogP contribution in [0.2, 0.25) is 0 Å². The van der Waals surface area contributed by atoms with Crippen molar-refractivity contribution in [1.82, 2.24) is 10.3 Å². The standard InChI is InChI=1S/C17H26N2O3S/c1-23(20,21)16-8-3-2-7-15(16)19-12-13-9-10-18-17(11-13)22-14-5-4-6-14/h9-11,14-16,19H,2-8,12H2,1H3. The topological polar surface area (TPSA) is 68.3 Å². The molecule has 0 aromatic carbocycles. The summed E-state index contributed by atoms with van der Waals surface area (Å²) in [4.78, 5) is 4.26. The fourth-order valence-corrected chi connectivity index (χ4v) is 4.80. The molecule has 0 aliphatic heterocycles. The van der Waals surface area contributed by atoms with E-state index in [1.54, 1.807) is 6.20 Å². The predicted octanol–water partition coefficient (Wildman–Crippen LogP) is 2.46. The lowest BCUT2D eigenvalue weighted by Crippen LogP contribution is -2.45. The summed E-state index contributed by atoms with van der Waals surface area (Å²) in [7, 11) is -3.00. The van der Waals surface area contributed by atoms with Gasteiger partial charge in [-0.05, 0) is 43.7 Å². The Morgan fingerprint density at radius 2 is 2.00 bits per heavy atom. The van der Waals surface area contributed by atoms with Crippen molar-refractivity contribution in [3.8, 4) is 5.88 Å². The van der Waals surface area contributed by atoms with Crippen LogP contribution in [0.25, 0.3) is 0 Å². The molecule has 1 aromatic rings. The van der Waals surface area contributed by atoms with E-state index < -0.39 is 9.84 Å². The van der Waals surface area contributed by atoms with Crippen molar-refractivity contribution < 1.29 is 13.2 Å². The van der Waals surface area contributed by atoms with Crippen LogP contribution in [-0.2, 0) is 16.4 Å². The maximum Gasteiger partial charge on any atom is 0.213 e. The molecule has 1 aromatic heterocycles. The Labute approximate surface area is 138 Å². The quantitative estimate of drug-likeness (QED) is 0.863. The molecule has 2 saturated carbocycles. The Hall–Kier alpha value is -1.14. The molecule has 0 bridgehead atoms. The zero-order valence-corrected chi connectivity index (χ0v) is 14.5. The summed E-state index contributed by atoms with van der Waals surface area (Å²) in [6.45, 7) is 0.653. The molecule has 0 radical (unpaired) electrons. The van der Waals surface area contributed by atoms with Gasteiger partial charge in [0.15, 0.2) is 9.84 Å². The molecule has 2 fully saturated rings. The minimum Gasteiger partial charge on any atom is -0.474 e. The lowest BCUT2D eigenvalue weighted by Gasteiger charge is -2.31. The van der Waals surface area contributed by atoms with Crippen LogP contribution in [-0.4, -0.2) is 37.1 Å². The molecule has 0 saturated heterocycles. The van der Waals surface area contributed by atoms with Gasteiger partial charge in [-0.3, -0.25) is 0 Å². The van der Waals surface area contributed by atoms with Crippen LogP contribution in [0.1, 0.15) is 50.5 Å². The first kappa shape index (κ1) is 16.7. The number of pyridine rings is 1. The Morgan fingerprint density at radius 1 is 1.22 bits per heavy atom. The molecule has 2 unspecified atom stereocenters. The highest BCUT2D eigenvalue weighted by Gasteiger charge is 2.32. The molecule has 0 amide bonds. The van der Waals surface area contributed by atoms with Crippen molar-refractivity contribution in [2.45, 2.75) is 68.9 Å². The van der Waals surface area contributed by atoms with Crippen molar-refractivity contribution in [2.75, 3.05) is 6.26 Å². The van der Waals surface area contributed by atoms with Crippen molar-refractivity contribution in [3.05, 3.63) is 23.9 Å². The number of nitrogens with zero attached hydrogens (tertiary/aromatic N) is 1. The smallest absolute Gasteiger partial charge is 0.213 e. The summed E-state index contributed by atoms with van der Waals surface area (Å²) >= 11 is 0. The average molecular weight is 338 g/mol. The highest BCUT2D eigenvalue weighted by Crippen LogP contribution is 2.26. The van der Waals surface area contributed by atoms with Gasteiger partial charge >= 0.3 is 0 Å². The minimum atomic E-state index is -3.00. The zero-order valence-electron chi connectivity index (χ0n) is 13.7. The number of sulfone groups is 1. The van der Waals surface area contributed by atoms with E-state index in [0.29, 0.717) is 18.5 Å². The molecular weight excluding hydrogens is 312 g/mol. The van der Waals surface area contributed by atoms with Gasteiger partial charge in [0.1, 0.15) is 6.10 Å². The van der Waals surface area contributed by atoms with Crippen molar-refractivity contribution >= 4 is 9.84 Å². The molecule has 2 aliphatic carbocycles. The molecule has 0 spiro atoms. The first-order valence-corrected chi connectivity index (χ1v) is 10.5. The van der Waals surface area contributed by atoms with Gasteiger partial charge in [-0.1, -0.05) is 12.8 Å². The number of rotatable bonds is 6. The molecule has 128 valence electrons. The van der Waals surface area contributed by atoms with Gasteiger partial charge in [-0.15, -0.1) is 0 Å². The Balaban J connectivity index is 1.59. The number of hydrogen-bond donors (Lipinski definition) is 1. The van der Waals surface area contributed by atoms with E-state index in [-0.39, 0.29) is 11.3 Å². The third-order valence-corrected chi connectivity index (χ3v) is 6.62. The SMILES string of the molecule is CS(=O)(=O)C1CCCCC1NCc1ccnc(OC2CCC2)c1. The average Bonchev–Trinajstić information content (AvgIpc) is 2.49. The second-order valence-corrected chi connectivity index (χ2v) is 9.08. The lowest BCUT2D eigenvalue weighted by atomic mass is 9.94. The van der Waals surface area contributed by atoms with E-state index in [2.05, 4.69) is 10.3 Å². The van der Waals surface area contributed by atoms with E-state index in [4.69, 9.17) is 4.74 Å². The maximum atomic E-state index is 12.0. The van der Waals surface area contributed by atoms with Crippen molar-refractivity contribution in [1.29, 1.82) is 0 Å². The first-order chi connectivity index (χ1) is 11.0. The highest BCUT2D eigenvalue weighted by molar-refractivity contribution is 7.91. The third kappa shape index (κ3) is 4.44. The molecule has 1 N–H and O–H groups in total. The van der Waals surface area contributed by atoms with Crippen LogP contribution in [0, 0.1) is 0 Å². The summed E-state index contributed by atoms with van der Waals surface area (Å²) in [6.07, 6.45) is 10.7. The second-order valence-electron chi connectivity index (χ2n) is 6.81. The Kier molecular flexibility index (Phi) is 5.21. The molecule has 5 nitrogen and oxygen atoms in total. The molecule has 3 rings (SSSR count). The number of hydrogen-bond acceptors (Lipinski definition) is 5. The molecule has 1 heterocycles. The lowest BCUT2D eigenvalue weighted by molar-refractivity contribution is 0.114. The van der Waals surface area contributed by atoms with Crippen molar-refractivity contribution in [2.24, 2.45) is 0 Å². The van der Waals surface area contributed by atoms with Crippen molar-refractivity contribution in [3.63, 3.8) is 0 Å². The minimum absolute atomic E-state index is 0.0444. The van der Waals surface area contributed by atoms with Gasteiger partial charge in [0.25, 0.3) is 0 Å². The van der Waals surface area contributed by atoms with E-state index in [0.717, 1.165) is 44.1 Å². The van der Waals surface area contributed by atoms with Gasteiger partial charge < -0.3 is 10.1 Å². The molecule has 23 heavy (non-hydrogen) atoms. The third-order valence-electron chi connectivity index (χ3n) is 4.96. The summed E-state index contributed by atoms with van der Waals surface area (Å²) in [6, 6.07) is 3.96. The van der Waals surface area contributed by atoms with E-state index in [9.17, 15) is 8.42 Å². The molecular formula is C17H26N2O3S. The summed E-state index contributed by atoms with van der Waals surface area (Å²) in [5.41, 5.74) is 1.09. The van der Waals surface area contributed by atoms with E-state index in [1.807, 2.05) is 12.1 Å². The Morgan fingerprint density at radius 3 is 2.70 bits per heavy atom. The largest absolute Gasteiger partial charge is 0.474 e. The maximum absolute atomic E-state index is 12.0. The summed E-state index contributed by atoms with van der Waals surface area (Å²) in [5, 5.41) is 3.18. The van der Waals surface area contributed by atoms with Gasteiger partial charge in [0.2, 0.25) is 5.88 Å². The van der Waals surface area contributed by atoms with Gasteiger partial charge in [0, 0.05) is 31.1 Å². The fourth-order valence-electron chi connectivity index (χ4n) is 3.38. The van der Waals surface area contributed by atoms with Gasteiger partial charge in [0.05, 0.1) is 5.25 Å². The van der Waals surface area contributed by atoms with Crippen LogP contribution >= 0.6 is 0 Å². The van der Waals surface area contributed by atoms with Crippen LogP contribution in [0.3, 0.4) is 0 Å². The highest BCUT2D eigenvalue weighted by atomic mass is 32.2. The first-order valence-electron chi connectivity index (χ1n) is 8.56. The number of aromatic nitrogens is 1. The normalized spacial score (nSPS) is 25.8. The van der Waals surface area contributed by atoms with Crippen LogP contribution in [0.5, 0.6) is 5.88 Å². The van der Waals surface area contributed by atoms with Crippen LogP contribution in [0.4, 0.5) is 0 Å². The van der Waals surface area contributed by atoms with Crippen LogP contribution in [0.15, 0.2) is 18.3 Å². The van der Waals surface area contributed by atoms with E-state index in [1.165, 1.54) is 12.7 Å². The summed E-state index contributed by atoms with van der Waals surface area (Å²) < 4.78 is 29.7. The summed E-state index contributed by atoms with van der Waals surface area (Å²) in [5.74, 6) is 0.678. The second kappa shape index (κ2) is 7.18. The predicted molar refractivity (Wildman–Crippen MR) is 90.2 cm³/mol. The zero-order chi connectivity index (χ0) is 16.3. The van der Waals surface area contributed by atoms with Gasteiger partial charge in [-0.2, -0.15) is 0 Å². The van der Waals surface area contributed by atoms with Gasteiger partial charge in [-0.25, -0.2) is 13.4 Å². The van der Waals surface area contributed by atoms with Crippen LogP contribution < -0.4 is 10.1 Å². The number of nitrogens with one attached hydrogen (secondary N) is 1. The molecule has 2 aliphatic rings. The number of ether oxygens (including phenoxy) is 1. The monoisotopic (exact) mass is 338 g/mol. The molecule has 2 atom stereocenters.